The number of amides is 3. The maximum atomic E-state index is 13.6. The molecule has 0 unspecified atom stereocenters. The second-order valence-electron chi connectivity index (χ2n) is 11.5. The van der Waals surface area contributed by atoms with E-state index in [2.05, 4.69) is 17.6 Å². The van der Waals surface area contributed by atoms with Crippen LogP contribution in [0.2, 0.25) is 0 Å². The van der Waals surface area contributed by atoms with Crippen LogP contribution >= 0.6 is 11.3 Å². The summed E-state index contributed by atoms with van der Waals surface area (Å²) in [7, 11) is -3.91. The smallest absolute Gasteiger partial charge is 0.268 e. The maximum Gasteiger partial charge on any atom is 0.268 e. The van der Waals surface area contributed by atoms with E-state index >= 15 is 0 Å². The molecule has 2 aromatic heterocycles. The van der Waals surface area contributed by atoms with Gasteiger partial charge >= 0.3 is 0 Å². The van der Waals surface area contributed by atoms with Crippen LogP contribution in [-0.2, 0) is 32.7 Å². The second kappa shape index (κ2) is 15.7. The molecule has 1 aromatic carbocycles. The van der Waals surface area contributed by atoms with E-state index in [1.54, 1.807) is 16.2 Å². The van der Waals surface area contributed by atoms with Crippen LogP contribution in [0.5, 0.6) is 0 Å². The molecule has 12 heteroatoms. The molecule has 1 aliphatic rings. The Balaban J connectivity index is 1.29. The quantitative estimate of drug-likeness (QED) is 0.154. The molecule has 0 bridgehead atoms. The van der Waals surface area contributed by atoms with Crippen LogP contribution in [0, 0.1) is 5.92 Å². The van der Waals surface area contributed by atoms with Gasteiger partial charge in [0.15, 0.2) is 0 Å². The number of aromatic nitrogens is 1. The van der Waals surface area contributed by atoms with Gasteiger partial charge in [0.1, 0.15) is 12.2 Å². The number of nitrogens with zero attached hydrogens (tertiary/aromatic N) is 2. The Bertz CT molecular complexity index is 1540. The van der Waals surface area contributed by atoms with Crippen molar-refractivity contribution in [2.45, 2.75) is 84.2 Å². The average Bonchev–Trinajstić information content (AvgIpc) is 3.59. The standard InChI is InChI=1S/C32H44N4O6S2/c1-3-23-10-9-11-26(20-23)35(4-2)30(37)22-36-27-16-18-43-29(27)21-28(36)32(39)34-25-14-12-24(13-15-25)31(38)33-17-7-5-6-8-19-44(40,41)42/h9-11,16,18,20-21,24-25H,3-8,12-15,17,19,22H2,1-2H3,(H,33,38)(H,34,39)(H,40,41,42)/t24-,25-. The summed E-state index contributed by atoms with van der Waals surface area (Å²) in [5.74, 6) is -0.597. The van der Waals surface area contributed by atoms with E-state index in [-0.39, 0.29) is 42.0 Å². The molecular weight excluding hydrogens is 601 g/mol. The van der Waals surface area contributed by atoms with E-state index in [0.29, 0.717) is 57.3 Å². The number of thiophene rings is 1. The number of fused-ring (bicyclic) bond motifs is 1. The number of hydrogen-bond acceptors (Lipinski definition) is 6. The molecule has 4 rings (SSSR count). The Morgan fingerprint density at radius 2 is 1.77 bits per heavy atom. The zero-order valence-electron chi connectivity index (χ0n) is 25.6. The summed E-state index contributed by atoms with van der Waals surface area (Å²) in [4.78, 5) is 41.5. The fourth-order valence-electron chi connectivity index (χ4n) is 5.88. The predicted molar refractivity (Wildman–Crippen MR) is 175 cm³/mol. The molecule has 3 N–H and O–H groups in total. The van der Waals surface area contributed by atoms with E-state index in [4.69, 9.17) is 4.55 Å². The third-order valence-electron chi connectivity index (χ3n) is 8.36. The Morgan fingerprint density at radius 3 is 2.48 bits per heavy atom. The molecule has 3 aromatic rings. The van der Waals surface area contributed by atoms with Crippen LogP contribution in [0.4, 0.5) is 5.69 Å². The summed E-state index contributed by atoms with van der Waals surface area (Å²) in [5.41, 5.74) is 3.35. The molecule has 0 spiro atoms. The molecule has 1 fully saturated rings. The van der Waals surface area contributed by atoms with Gasteiger partial charge in [-0.1, -0.05) is 31.9 Å². The van der Waals surface area contributed by atoms with E-state index in [9.17, 15) is 22.8 Å². The zero-order chi connectivity index (χ0) is 31.7. The SMILES string of the molecule is CCc1cccc(N(CC)C(=O)Cn2c(C(=O)N[C@H]3CC[C@H](C(=O)NCCCCCCS(=O)(=O)O)CC3)cc3sccc32)c1. The minimum absolute atomic E-state index is 0.0188. The van der Waals surface area contributed by atoms with Crippen LogP contribution < -0.4 is 15.5 Å². The van der Waals surface area contributed by atoms with Gasteiger partial charge in [-0.3, -0.25) is 18.9 Å². The Kier molecular flexibility index (Phi) is 12.0. The summed E-state index contributed by atoms with van der Waals surface area (Å²) >= 11 is 1.54. The van der Waals surface area contributed by atoms with Crippen molar-refractivity contribution in [3.63, 3.8) is 0 Å². The Hall–Kier alpha value is -3.22. The molecule has 1 saturated carbocycles. The van der Waals surface area contributed by atoms with E-state index in [0.717, 1.165) is 40.7 Å². The van der Waals surface area contributed by atoms with Crippen molar-refractivity contribution in [1.29, 1.82) is 0 Å². The normalized spacial score (nSPS) is 17.0. The largest absolute Gasteiger partial charge is 0.356 e. The van der Waals surface area contributed by atoms with Crippen molar-refractivity contribution in [2.24, 2.45) is 5.92 Å². The molecule has 44 heavy (non-hydrogen) atoms. The fourth-order valence-corrected chi connectivity index (χ4v) is 7.27. The van der Waals surface area contributed by atoms with Crippen LogP contribution in [0.3, 0.4) is 0 Å². The minimum Gasteiger partial charge on any atom is -0.356 e. The predicted octanol–water partition coefficient (Wildman–Crippen LogP) is 5.17. The van der Waals surface area contributed by atoms with Crippen LogP contribution in [-0.4, -0.2) is 60.1 Å². The highest BCUT2D eigenvalue weighted by Crippen LogP contribution is 2.28. The number of likely N-dealkylation sites (N-methyl/N-ethyl adjacent to an activating group) is 1. The molecule has 3 amide bonds. The van der Waals surface area contributed by atoms with Crippen molar-refractivity contribution in [2.75, 3.05) is 23.7 Å². The lowest BCUT2D eigenvalue weighted by Gasteiger charge is -2.28. The summed E-state index contributed by atoms with van der Waals surface area (Å²) in [5, 5.41) is 8.10. The van der Waals surface area contributed by atoms with Crippen LogP contribution in [0.25, 0.3) is 10.2 Å². The molecule has 0 aliphatic heterocycles. The van der Waals surface area contributed by atoms with Gasteiger partial charge in [0.2, 0.25) is 11.8 Å². The van der Waals surface area contributed by atoms with E-state index in [1.165, 1.54) is 0 Å². The molecule has 2 heterocycles. The van der Waals surface area contributed by atoms with Gasteiger partial charge in [-0.2, -0.15) is 8.42 Å². The van der Waals surface area contributed by atoms with Gasteiger partial charge in [0.05, 0.1) is 16.0 Å². The van der Waals surface area contributed by atoms with Crippen molar-refractivity contribution < 1.29 is 27.4 Å². The lowest BCUT2D eigenvalue weighted by molar-refractivity contribution is -0.126. The van der Waals surface area contributed by atoms with E-state index in [1.807, 2.05) is 53.3 Å². The fraction of sp³-hybridized carbons (Fsp3) is 0.531. The van der Waals surface area contributed by atoms with Gasteiger partial charge in [0, 0.05) is 30.7 Å². The van der Waals surface area contributed by atoms with Gasteiger partial charge in [-0.15, -0.1) is 11.3 Å². The molecule has 0 saturated heterocycles. The first-order chi connectivity index (χ1) is 21.1. The molecule has 0 radical (unpaired) electrons. The third kappa shape index (κ3) is 9.15. The summed E-state index contributed by atoms with van der Waals surface area (Å²) in [6, 6.07) is 11.8. The highest BCUT2D eigenvalue weighted by Gasteiger charge is 2.28. The van der Waals surface area contributed by atoms with Gasteiger partial charge in [-0.05, 0) is 87.1 Å². The van der Waals surface area contributed by atoms with E-state index < -0.39 is 10.1 Å². The lowest BCUT2D eigenvalue weighted by atomic mass is 9.85. The number of anilines is 1. The maximum absolute atomic E-state index is 13.6. The minimum atomic E-state index is -3.91. The molecule has 0 atom stereocenters. The van der Waals surface area contributed by atoms with Gasteiger partial charge in [0.25, 0.3) is 16.0 Å². The highest BCUT2D eigenvalue weighted by molar-refractivity contribution is 7.85. The first-order valence-electron chi connectivity index (χ1n) is 15.6. The number of aryl methyl sites for hydroxylation is 1. The first-order valence-corrected chi connectivity index (χ1v) is 18.1. The molecule has 1 aliphatic carbocycles. The number of benzene rings is 1. The van der Waals surface area contributed by atoms with Crippen LogP contribution in [0.15, 0.2) is 41.8 Å². The second-order valence-corrected chi connectivity index (χ2v) is 14.0. The van der Waals surface area contributed by atoms with Crippen molar-refractivity contribution in [3.8, 4) is 0 Å². The molecule has 10 nitrogen and oxygen atoms in total. The Morgan fingerprint density at radius 1 is 1.02 bits per heavy atom. The number of hydrogen-bond donors (Lipinski definition) is 3. The third-order valence-corrected chi connectivity index (χ3v) is 10.0. The van der Waals surface area contributed by atoms with Crippen molar-refractivity contribution >= 4 is 55.1 Å². The van der Waals surface area contributed by atoms with Gasteiger partial charge < -0.3 is 20.1 Å². The monoisotopic (exact) mass is 644 g/mol. The topological polar surface area (TPSA) is 138 Å². The van der Waals surface area contributed by atoms with Gasteiger partial charge in [-0.25, -0.2) is 0 Å². The summed E-state index contributed by atoms with van der Waals surface area (Å²) in [6.45, 7) is 5.15. The number of nitrogens with one attached hydrogen (secondary N) is 2. The summed E-state index contributed by atoms with van der Waals surface area (Å²) < 4.78 is 33.1. The average molecular weight is 645 g/mol. The number of carbonyl (C=O) groups excluding carboxylic acids is 3. The van der Waals surface area contributed by atoms with Crippen molar-refractivity contribution in [3.05, 3.63) is 53.0 Å². The van der Waals surface area contributed by atoms with Crippen LogP contribution in [0.1, 0.15) is 81.3 Å². The number of carbonyl (C=O) groups is 3. The Labute approximate surface area is 263 Å². The zero-order valence-corrected chi connectivity index (χ0v) is 27.2. The summed E-state index contributed by atoms with van der Waals surface area (Å²) in [6.07, 6.45) is 6.27. The highest BCUT2D eigenvalue weighted by atomic mass is 32.2. The first kappa shape index (κ1) is 33.7. The van der Waals surface area contributed by atoms with Crippen molar-refractivity contribution in [1.82, 2.24) is 15.2 Å². The molecular formula is C32H44N4O6S2. The number of unbranched alkanes of at least 4 members (excludes halogenated alkanes) is 3. The number of rotatable bonds is 15. The lowest BCUT2D eigenvalue weighted by Crippen LogP contribution is -2.42. The molecule has 240 valence electrons.